The fourth-order valence-corrected chi connectivity index (χ4v) is 3.63. The third kappa shape index (κ3) is 4.66. The van der Waals surface area contributed by atoms with Crippen LogP contribution in [0.15, 0.2) is 30.0 Å². The molecule has 2 aromatic rings. The molecule has 0 atom stereocenters. The van der Waals surface area contributed by atoms with Crippen LogP contribution >= 0.6 is 0 Å². The maximum Gasteiger partial charge on any atom is 0.172 e. The molecule has 0 bridgehead atoms. The van der Waals surface area contributed by atoms with Crippen molar-refractivity contribution in [3.8, 4) is 28.7 Å². The Morgan fingerprint density at radius 2 is 1.65 bits per heavy atom. The summed E-state index contributed by atoms with van der Waals surface area (Å²) >= 11 is 0. The van der Waals surface area contributed by atoms with Gasteiger partial charge in [0.2, 0.25) is 0 Å². The Hall–Kier alpha value is -3.06. The predicted molar refractivity (Wildman–Crippen MR) is 119 cm³/mol. The Bertz CT molecular complexity index is 991. The third-order valence-electron chi connectivity index (χ3n) is 5.35. The number of rotatable bonds is 8. The highest BCUT2D eigenvalue weighted by molar-refractivity contribution is 5.72. The fourth-order valence-electron chi connectivity index (χ4n) is 3.63. The second-order valence-electron chi connectivity index (χ2n) is 8.18. The van der Waals surface area contributed by atoms with Crippen molar-refractivity contribution in [2.75, 3.05) is 28.4 Å². The molecule has 0 unspecified atom stereocenters. The van der Waals surface area contributed by atoms with E-state index in [1.807, 2.05) is 32.0 Å². The minimum atomic E-state index is -0.357. The summed E-state index contributed by atoms with van der Waals surface area (Å²) in [5.74, 6) is 3.59. The molecule has 3 rings (SSSR count). The van der Waals surface area contributed by atoms with E-state index in [0.29, 0.717) is 52.9 Å². The monoisotopic (exact) mass is 429 g/mol. The Morgan fingerprint density at radius 1 is 0.968 bits per heavy atom. The zero-order valence-corrected chi connectivity index (χ0v) is 19.0. The summed E-state index contributed by atoms with van der Waals surface area (Å²) in [6.45, 7) is 3.95. The van der Waals surface area contributed by atoms with E-state index in [-0.39, 0.29) is 11.3 Å². The van der Waals surface area contributed by atoms with E-state index in [4.69, 9.17) is 29.4 Å². The average Bonchev–Trinajstić information content (AvgIpc) is 2.76. The van der Waals surface area contributed by atoms with Crippen LogP contribution in [0.25, 0.3) is 5.76 Å². The van der Waals surface area contributed by atoms with E-state index >= 15 is 0 Å². The minimum absolute atomic E-state index is 0.100. The third-order valence-corrected chi connectivity index (χ3v) is 5.35. The molecule has 0 fully saturated rings. The van der Waals surface area contributed by atoms with Crippen LogP contribution in [0.5, 0.6) is 28.7 Å². The van der Waals surface area contributed by atoms with Gasteiger partial charge in [0.25, 0.3) is 0 Å². The van der Waals surface area contributed by atoms with Crippen molar-refractivity contribution in [2.45, 2.75) is 38.6 Å². The Labute approximate surface area is 183 Å². The number of phenolic OH excluding ortho intramolecular Hbond substituents is 1. The molecule has 0 spiro atoms. The van der Waals surface area contributed by atoms with Crippen molar-refractivity contribution in [2.24, 2.45) is 5.73 Å². The maximum absolute atomic E-state index is 10.6. The largest absolute Gasteiger partial charge is 0.507 e. The van der Waals surface area contributed by atoms with Crippen LogP contribution < -0.4 is 24.7 Å². The number of hydrogen-bond acceptors (Lipinski definition) is 7. The number of methoxy groups -OCH3 is 4. The lowest BCUT2D eigenvalue weighted by atomic mass is 9.92. The topological polar surface area (TPSA) is 92.4 Å². The molecule has 0 aromatic heterocycles. The van der Waals surface area contributed by atoms with Crippen molar-refractivity contribution in [3.05, 3.63) is 46.7 Å². The molecule has 1 aliphatic heterocycles. The number of hydrogen-bond donors (Lipinski definition) is 2. The summed E-state index contributed by atoms with van der Waals surface area (Å²) in [5.41, 5.74) is 8.15. The molecule has 0 saturated heterocycles. The quantitative estimate of drug-likeness (QED) is 0.654. The SMILES string of the molecule is COC1=C(c2ccc(OC)c(OC)c2)Oc2c(c(O)cc(OC)c2CCC(C)(C)N)C1. The van der Waals surface area contributed by atoms with Crippen molar-refractivity contribution in [1.82, 2.24) is 0 Å². The van der Waals surface area contributed by atoms with Crippen LogP contribution in [0.1, 0.15) is 37.0 Å². The average molecular weight is 430 g/mol. The molecule has 0 radical (unpaired) electrons. The Balaban J connectivity index is 2.11. The van der Waals surface area contributed by atoms with Crippen molar-refractivity contribution in [1.29, 1.82) is 0 Å². The van der Waals surface area contributed by atoms with E-state index < -0.39 is 0 Å². The van der Waals surface area contributed by atoms with Gasteiger partial charge >= 0.3 is 0 Å². The normalized spacial score (nSPS) is 13.4. The highest BCUT2D eigenvalue weighted by Crippen LogP contribution is 2.46. The van der Waals surface area contributed by atoms with Gasteiger partial charge in [-0.05, 0) is 44.9 Å². The molecule has 168 valence electrons. The number of benzene rings is 2. The molecular weight excluding hydrogens is 398 g/mol. The van der Waals surface area contributed by atoms with Gasteiger partial charge in [-0.25, -0.2) is 0 Å². The van der Waals surface area contributed by atoms with Crippen LogP contribution in [-0.4, -0.2) is 39.1 Å². The van der Waals surface area contributed by atoms with Crippen LogP contribution in [0.2, 0.25) is 0 Å². The molecule has 0 amide bonds. The Kier molecular flexibility index (Phi) is 6.55. The molecule has 3 N–H and O–H groups in total. The highest BCUT2D eigenvalue weighted by Gasteiger charge is 2.30. The number of ether oxygens (including phenoxy) is 5. The molecule has 0 aliphatic carbocycles. The zero-order valence-electron chi connectivity index (χ0n) is 19.0. The Morgan fingerprint density at radius 3 is 2.23 bits per heavy atom. The summed E-state index contributed by atoms with van der Waals surface area (Å²) < 4.78 is 28.4. The van der Waals surface area contributed by atoms with Gasteiger partial charge < -0.3 is 34.5 Å². The number of fused-ring (bicyclic) bond motifs is 1. The first kappa shape index (κ1) is 22.6. The van der Waals surface area contributed by atoms with Gasteiger partial charge in [-0.15, -0.1) is 0 Å². The first-order valence-corrected chi connectivity index (χ1v) is 10.1. The number of nitrogens with two attached hydrogens (primary N) is 1. The molecule has 7 heteroatoms. The molecular formula is C24H31NO6. The van der Waals surface area contributed by atoms with E-state index in [1.165, 1.54) is 0 Å². The number of allylic oxidation sites excluding steroid dienone is 1. The highest BCUT2D eigenvalue weighted by atomic mass is 16.5. The molecule has 2 aromatic carbocycles. The number of aromatic hydroxyl groups is 1. The maximum atomic E-state index is 10.6. The lowest BCUT2D eigenvalue weighted by molar-refractivity contribution is 0.263. The van der Waals surface area contributed by atoms with Gasteiger partial charge in [-0.1, -0.05) is 0 Å². The fraction of sp³-hybridized carbons (Fsp3) is 0.417. The van der Waals surface area contributed by atoms with Gasteiger partial charge in [0.1, 0.15) is 23.0 Å². The lowest BCUT2D eigenvalue weighted by Gasteiger charge is -2.28. The molecule has 1 aliphatic rings. The van der Waals surface area contributed by atoms with Crippen LogP contribution in [-0.2, 0) is 17.6 Å². The van der Waals surface area contributed by atoms with Crippen LogP contribution in [0, 0.1) is 0 Å². The minimum Gasteiger partial charge on any atom is -0.507 e. The van der Waals surface area contributed by atoms with Crippen molar-refractivity contribution in [3.63, 3.8) is 0 Å². The molecule has 31 heavy (non-hydrogen) atoms. The number of phenols is 1. The first-order chi connectivity index (χ1) is 14.7. The molecule has 0 saturated carbocycles. The summed E-state index contributed by atoms with van der Waals surface area (Å²) in [6, 6.07) is 7.15. The van der Waals surface area contributed by atoms with E-state index in [2.05, 4.69) is 0 Å². The summed E-state index contributed by atoms with van der Waals surface area (Å²) in [5, 5.41) is 10.6. The van der Waals surface area contributed by atoms with Crippen LogP contribution in [0.4, 0.5) is 0 Å². The van der Waals surface area contributed by atoms with Gasteiger partial charge in [-0.3, -0.25) is 0 Å². The second kappa shape index (κ2) is 8.98. The van der Waals surface area contributed by atoms with E-state index in [0.717, 1.165) is 17.5 Å². The zero-order chi connectivity index (χ0) is 22.8. The molecule has 7 nitrogen and oxygen atoms in total. The smallest absolute Gasteiger partial charge is 0.172 e. The molecule has 1 heterocycles. The lowest BCUT2D eigenvalue weighted by Crippen LogP contribution is -2.32. The van der Waals surface area contributed by atoms with Gasteiger partial charge in [0.15, 0.2) is 17.3 Å². The van der Waals surface area contributed by atoms with Crippen molar-refractivity contribution < 1.29 is 28.8 Å². The standard InChI is InChI=1S/C24H31NO6/c1-24(2,25)10-9-15-19(28-4)13-17(26)16-12-21(30-6)22(31-23(15)16)14-7-8-18(27-3)20(11-14)29-5/h7-8,11,13,26H,9-10,12,25H2,1-6H3. The van der Waals surface area contributed by atoms with Gasteiger partial charge in [-0.2, -0.15) is 0 Å². The van der Waals surface area contributed by atoms with E-state index in [1.54, 1.807) is 34.5 Å². The summed E-state index contributed by atoms with van der Waals surface area (Å²) in [6.07, 6.45) is 1.73. The predicted octanol–water partition coefficient (Wildman–Crippen LogP) is 4.04. The second-order valence-corrected chi connectivity index (χ2v) is 8.18. The summed E-state index contributed by atoms with van der Waals surface area (Å²) in [7, 11) is 6.33. The van der Waals surface area contributed by atoms with E-state index in [9.17, 15) is 5.11 Å². The first-order valence-electron chi connectivity index (χ1n) is 10.1. The summed E-state index contributed by atoms with van der Waals surface area (Å²) in [4.78, 5) is 0. The van der Waals surface area contributed by atoms with Gasteiger partial charge in [0, 0.05) is 34.7 Å². The van der Waals surface area contributed by atoms with Gasteiger partial charge in [0.05, 0.1) is 28.4 Å². The van der Waals surface area contributed by atoms with Crippen molar-refractivity contribution >= 4 is 5.76 Å². The van der Waals surface area contributed by atoms with Crippen LogP contribution in [0.3, 0.4) is 0 Å².